The van der Waals surface area contributed by atoms with E-state index in [4.69, 9.17) is 11.7 Å². The van der Waals surface area contributed by atoms with E-state index in [0.717, 1.165) is 11.3 Å². The molecule has 10 nitrogen and oxygen atoms in total. The minimum atomic E-state index is -4.01. The van der Waals surface area contributed by atoms with Gasteiger partial charge < -0.3 is 5.32 Å². The molecule has 0 amide bonds. The smallest absolute Gasteiger partial charge is 0.278 e. The first-order valence-corrected chi connectivity index (χ1v) is 11.4. The number of anilines is 3. The molecule has 11 heteroatoms. The van der Waals surface area contributed by atoms with Crippen molar-refractivity contribution in [1.29, 1.82) is 0 Å². The Morgan fingerprint density at radius 1 is 0.909 bits per heavy atom. The molecule has 0 spiro atoms. The summed E-state index contributed by atoms with van der Waals surface area (Å²) in [4.78, 5) is 9.09. The fourth-order valence-corrected chi connectivity index (χ4v) is 4.13. The lowest BCUT2D eigenvalue weighted by atomic mass is 10.2. The van der Waals surface area contributed by atoms with Crippen LogP contribution in [0, 0.1) is 6.92 Å². The van der Waals surface area contributed by atoms with Crippen LogP contribution in [0.1, 0.15) is 5.56 Å². The van der Waals surface area contributed by atoms with Crippen LogP contribution in [0.2, 0.25) is 0 Å². The van der Waals surface area contributed by atoms with E-state index in [1.807, 2.05) is 49.4 Å². The van der Waals surface area contributed by atoms with Crippen molar-refractivity contribution >= 4 is 50.4 Å². The second kappa shape index (κ2) is 9.10. The zero-order valence-corrected chi connectivity index (χ0v) is 18.5. The second-order valence-electron chi connectivity index (χ2n) is 7.21. The number of hydrogen-bond acceptors (Lipinski definition) is 7. The van der Waals surface area contributed by atoms with E-state index in [1.54, 1.807) is 18.2 Å². The zero-order chi connectivity index (χ0) is 23.4. The van der Waals surface area contributed by atoms with Crippen LogP contribution in [0.15, 0.2) is 77.7 Å². The summed E-state index contributed by atoms with van der Waals surface area (Å²) in [6, 6.07) is 21.0. The number of fused-ring (bicyclic) bond motifs is 1. The van der Waals surface area contributed by atoms with Crippen LogP contribution in [0.3, 0.4) is 0 Å². The van der Waals surface area contributed by atoms with Crippen LogP contribution < -0.4 is 27.2 Å². The highest BCUT2D eigenvalue weighted by atomic mass is 32.2. The average molecular weight is 464 g/mol. The number of nitrogens with two attached hydrogens (primary N) is 2. The summed E-state index contributed by atoms with van der Waals surface area (Å²) in [6.45, 7) is 1.98. The highest BCUT2D eigenvalue weighted by molar-refractivity contribution is 7.92. The molecule has 0 atom stereocenters. The Balaban J connectivity index is 1.74. The molecule has 0 saturated heterocycles. The Labute approximate surface area is 191 Å². The molecule has 4 aromatic rings. The molecule has 7 N–H and O–H groups in total. The number of aryl methyl sites for hydroxylation is 1. The number of hydrazine groups is 2. The van der Waals surface area contributed by atoms with Gasteiger partial charge in [0.1, 0.15) is 0 Å². The summed E-state index contributed by atoms with van der Waals surface area (Å²) in [6.07, 6.45) is 1.29. The van der Waals surface area contributed by atoms with Crippen molar-refractivity contribution in [3.8, 4) is 0 Å². The van der Waals surface area contributed by atoms with E-state index < -0.39 is 10.0 Å². The topological polar surface area (TPSA) is 151 Å². The third-order valence-electron chi connectivity index (χ3n) is 4.76. The Hall–Kier alpha value is -4.22. The standard InChI is InChI=1S/C22H22N8O2S/c1-15-9-11-16(12-10-15)26-21-22(28-20-8-3-2-7-19(20)27-21)29-33(31,32)18-6-4-5-17(13-18)30(24)14-25-23/h2-14H,23-24H2,1H3,(H2,26,27,28,29)/p+1. The molecular weight excluding hydrogens is 440 g/mol. The molecule has 1 heterocycles. The van der Waals surface area contributed by atoms with E-state index in [9.17, 15) is 8.42 Å². The lowest BCUT2D eigenvalue weighted by molar-refractivity contribution is -0.449. The quantitative estimate of drug-likeness (QED) is 0.0922. The summed E-state index contributed by atoms with van der Waals surface area (Å²) >= 11 is 0. The van der Waals surface area contributed by atoms with Crippen molar-refractivity contribution in [2.75, 3.05) is 10.0 Å². The number of nitrogens with one attached hydrogen (secondary N) is 3. The lowest BCUT2D eigenvalue weighted by Gasteiger charge is -2.14. The highest BCUT2D eigenvalue weighted by Gasteiger charge is 2.20. The molecule has 4 rings (SSSR count). The number of aromatic nitrogens is 2. The van der Waals surface area contributed by atoms with Gasteiger partial charge in [-0.25, -0.2) is 23.8 Å². The van der Waals surface area contributed by atoms with Crippen molar-refractivity contribution in [3.05, 3.63) is 78.4 Å². The molecule has 3 aromatic carbocycles. The summed E-state index contributed by atoms with van der Waals surface area (Å²) in [5.74, 6) is 11.4. The minimum absolute atomic E-state index is 0.00267. The fourth-order valence-electron chi connectivity index (χ4n) is 3.08. The predicted octanol–water partition coefficient (Wildman–Crippen LogP) is 2.49. The van der Waals surface area contributed by atoms with Gasteiger partial charge in [-0.05, 0) is 43.3 Å². The largest absolute Gasteiger partial charge is 0.337 e. The first kappa shape index (κ1) is 22.0. The van der Waals surface area contributed by atoms with E-state index in [0.29, 0.717) is 16.7 Å². The predicted molar refractivity (Wildman–Crippen MR) is 129 cm³/mol. The molecule has 0 aliphatic heterocycles. The number of hydrazone groups is 1. The second-order valence-corrected chi connectivity index (χ2v) is 8.89. The summed E-state index contributed by atoms with van der Waals surface area (Å²) < 4.78 is 30.1. The van der Waals surface area contributed by atoms with Crippen molar-refractivity contribution in [1.82, 2.24) is 15.4 Å². The van der Waals surface area contributed by atoms with Crippen molar-refractivity contribution in [2.45, 2.75) is 11.8 Å². The van der Waals surface area contributed by atoms with Gasteiger partial charge in [0.25, 0.3) is 16.4 Å². The SMILES string of the molecule is Cc1ccc(Nc2nc3ccccc3nc2NS(=O)(=O)c2cccc(/[N+](N)=C/NN)c2)cc1. The first-order chi connectivity index (χ1) is 15.9. The lowest BCUT2D eigenvalue weighted by Crippen LogP contribution is -2.29. The molecule has 168 valence electrons. The van der Waals surface area contributed by atoms with Gasteiger partial charge in [-0.2, -0.15) is 5.84 Å². The molecule has 0 unspecified atom stereocenters. The third kappa shape index (κ3) is 5.00. The summed E-state index contributed by atoms with van der Waals surface area (Å²) in [7, 11) is -4.01. The van der Waals surface area contributed by atoms with Gasteiger partial charge >= 0.3 is 0 Å². The normalized spacial score (nSPS) is 11.9. The Morgan fingerprint density at radius 3 is 2.24 bits per heavy atom. The molecule has 0 saturated carbocycles. The fraction of sp³-hybridized carbons (Fsp3) is 0.0455. The molecular formula is C22H23N8O2S+. The molecule has 0 aliphatic carbocycles. The molecule has 0 bridgehead atoms. The van der Waals surface area contributed by atoms with Gasteiger partial charge in [-0.3, -0.25) is 10.6 Å². The van der Waals surface area contributed by atoms with Crippen molar-refractivity contribution < 1.29 is 13.1 Å². The zero-order valence-electron chi connectivity index (χ0n) is 17.7. The number of para-hydroxylation sites is 2. The van der Waals surface area contributed by atoms with Gasteiger partial charge in [-0.1, -0.05) is 35.9 Å². The maximum Gasteiger partial charge on any atom is 0.278 e. The summed E-state index contributed by atoms with van der Waals surface area (Å²) in [5.41, 5.74) is 5.74. The van der Waals surface area contributed by atoms with E-state index in [-0.39, 0.29) is 16.5 Å². The van der Waals surface area contributed by atoms with Gasteiger partial charge in [0.15, 0.2) is 17.3 Å². The maximum absolute atomic E-state index is 13.2. The number of rotatable bonds is 7. The average Bonchev–Trinajstić information content (AvgIpc) is 2.81. The maximum atomic E-state index is 13.2. The van der Waals surface area contributed by atoms with Gasteiger partial charge in [-0.15, -0.1) is 4.68 Å². The number of hydrogen-bond donors (Lipinski definition) is 5. The van der Waals surface area contributed by atoms with Crippen LogP contribution in [0.25, 0.3) is 11.0 Å². The van der Waals surface area contributed by atoms with Crippen LogP contribution in [0.4, 0.5) is 23.0 Å². The van der Waals surface area contributed by atoms with E-state index >= 15 is 0 Å². The van der Waals surface area contributed by atoms with Gasteiger partial charge in [0.05, 0.1) is 15.9 Å². The summed E-state index contributed by atoms with van der Waals surface area (Å²) in [5, 5.41) is 3.16. The molecule has 33 heavy (non-hydrogen) atoms. The monoisotopic (exact) mass is 463 g/mol. The Kier molecular flexibility index (Phi) is 6.07. The van der Waals surface area contributed by atoms with Gasteiger partial charge in [0.2, 0.25) is 0 Å². The van der Waals surface area contributed by atoms with Crippen LogP contribution in [-0.2, 0) is 10.0 Å². The van der Waals surface area contributed by atoms with Gasteiger partial charge in [0, 0.05) is 11.8 Å². The number of nitrogens with zero attached hydrogens (tertiary/aromatic N) is 3. The number of sulfonamides is 1. The molecule has 0 radical (unpaired) electrons. The minimum Gasteiger partial charge on any atom is -0.337 e. The van der Waals surface area contributed by atoms with E-state index in [2.05, 4.69) is 25.4 Å². The first-order valence-electron chi connectivity index (χ1n) is 9.92. The van der Waals surface area contributed by atoms with Crippen molar-refractivity contribution in [2.24, 2.45) is 11.7 Å². The van der Waals surface area contributed by atoms with Crippen molar-refractivity contribution in [3.63, 3.8) is 0 Å². The van der Waals surface area contributed by atoms with Crippen LogP contribution in [0.5, 0.6) is 0 Å². The Morgan fingerprint density at radius 2 is 1.58 bits per heavy atom. The van der Waals surface area contributed by atoms with Crippen LogP contribution in [-0.4, -0.2) is 29.4 Å². The third-order valence-corrected chi connectivity index (χ3v) is 6.09. The Bertz CT molecular complexity index is 1440. The molecule has 0 fully saturated rings. The van der Waals surface area contributed by atoms with E-state index in [1.165, 1.54) is 23.2 Å². The van der Waals surface area contributed by atoms with Crippen LogP contribution >= 0.6 is 0 Å². The molecule has 1 aromatic heterocycles. The number of benzene rings is 3. The molecule has 0 aliphatic rings. The highest BCUT2D eigenvalue weighted by Crippen LogP contribution is 2.28.